The van der Waals surface area contributed by atoms with E-state index in [0.29, 0.717) is 5.57 Å². The van der Waals surface area contributed by atoms with Gasteiger partial charge < -0.3 is 6.53 Å². The number of carbonyl (C=O) groups is 2. The molecule has 0 saturated heterocycles. The Morgan fingerprint density at radius 3 is 2.16 bits per heavy atom. The molecule has 0 spiro atoms. The maximum absolute atomic E-state index is 11.2. The van der Waals surface area contributed by atoms with Gasteiger partial charge in [0.1, 0.15) is 0 Å². The number of hydrogen-bond acceptors (Lipinski definition) is 2. The topological polar surface area (TPSA) is 54.4 Å². The van der Waals surface area contributed by atoms with E-state index in [0.717, 1.165) is 44.9 Å². The Bertz CT molecular complexity index is 314. The van der Waals surface area contributed by atoms with Crippen molar-refractivity contribution in [1.29, 1.82) is 0 Å². The average Bonchev–Trinajstić information content (AvgIpc) is 2.30. The van der Waals surface area contributed by atoms with E-state index in [1.165, 1.54) is 0 Å². The van der Waals surface area contributed by atoms with E-state index in [1.807, 2.05) is 6.08 Å². The van der Waals surface area contributed by atoms with Gasteiger partial charge in [-0.3, -0.25) is 9.59 Å². The number of unbranched alkanes of at least 4 members (excludes halogenated alkanes) is 6. The summed E-state index contributed by atoms with van der Waals surface area (Å²) in [4.78, 5) is 21.4. The molecular formula is C15H25NaO3. The summed E-state index contributed by atoms with van der Waals surface area (Å²) in [5.74, 6) is -0.703. The van der Waals surface area contributed by atoms with Crippen LogP contribution in [0.2, 0.25) is 0 Å². The standard InChI is InChI=1S/C15H24O3.Na.H/c1-13(2)14(16)11-9-7-5-3-4-6-8-10-12-15(17)18;;/h9,11H,1,3-8,10,12H2,2H3,(H,17,18);;/q;+1;-1. The molecule has 0 aromatic heterocycles. The summed E-state index contributed by atoms with van der Waals surface area (Å²) < 4.78 is 0. The number of rotatable bonds is 11. The first kappa shape index (κ1) is 20.9. The normalized spacial score (nSPS) is 10.2. The summed E-state index contributed by atoms with van der Waals surface area (Å²) in [5, 5.41) is 8.46. The minimum absolute atomic E-state index is 0. The zero-order valence-corrected chi connectivity index (χ0v) is 14.3. The predicted molar refractivity (Wildman–Crippen MR) is 74.6 cm³/mol. The zero-order valence-electron chi connectivity index (χ0n) is 13.3. The van der Waals surface area contributed by atoms with Gasteiger partial charge in [-0.1, -0.05) is 38.3 Å². The van der Waals surface area contributed by atoms with Gasteiger partial charge >= 0.3 is 35.5 Å². The predicted octanol–water partition coefficient (Wildman–Crippen LogP) is 1.01. The van der Waals surface area contributed by atoms with Crippen molar-refractivity contribution in [3.8, 4) is 0 Å². The molecule has 0 amide bonds. The molecule has 0 aliphatic heterocycles. The third-order valence-electron chi connectivity index (χ3n) is 2.70. The van der Waals surface area contributed by atoms with Crippen LogP contribution in [0.1, 0.15) is 59.7 Å². The molecule has 0 heterocycles. The van der Waals surface area contributed by atoms with Crippen molar-refractivity contribution in [3.05, 3.63) is 24.3 Å². The van der Waals surface area contributed by atoms with Gasteiger partial charge in [0.2, 0.25) is 0 Å². The summed E-state index contributed by atoms with van der Waals surface area (Å²) in [6.45, 7) is 5.29. The van der Waals surface area contributed by atoms with Gasteiger partial charge in [-0.2, -0.15) is 0 Å². The molecule has 0 saturated carbocycles. The van der Waals surface area contributed by atoms with Crippen LogP contribution in [0.25, 0.3) is 0 Å². The molecule has 0 atom stereocenters. The number of ketones is 1. The minimum atomic E-state index is -0.706. The van der Waals surface area contributed by atoms with E-state index in [9.17, 15) is 9.59 Å². The Kier molecular flexibility index (Phi) is 15.5. The number of carbonyl (C=O) groups excluding carboxylic acids is 1. The molecule has 0 fully saturated rings. The Morgan fingerprint density at radius 2 is 1.63 bits per heavy atom. The fraction of sp³-hybridized carbons (Fsp3) is 0.600. The average molecular weight is 276 g/mol. The number of carboxylic acids is 1. The Hall–Kier alpha value is -0.380. The minimum Gasteiger partial charge on any atom is -1.00 e. The fourth-order valence-electron chi connectivity index (χ4n) is 1.58. The number of hydrogen-bond donors (Lipinski definition) is 1. The third-order valence-corrected chi connectivity index (χ3v) is 2.70. The first-order valence-electron chi connectivity index (χ1n) is 6.62. The molecular weight excluding hydrogens is 251 g/mol. The van der Waals surface area contributed by atoms with Gasteiger partial charge in [-0.25, -0.2) is 0 Å². The van der Waals surface area contributed by atoms with Gasteiger partial charge in [0.25, 0.3) is 0 Å². The first-order valence-corrected chi connectivity index (χ1v) is 6.62. The number of allylic oxidation sites excluding steroid dienone is 3. The van der Waals surface area contributed by atoms with Crippen LogP contribution in [0.5, 0.6) is 0 Å². The quantitative estimate of drug-likeness (QED) is 0.348. The molecule has 0 unspecified atom stereocenters. The molecule has 104 valence electrons. The largest absolute Gasteiger partial charge is 1.00 e. The van der Waals surface area contributed by atoms with E-state index < -0.39 is 5.97 Å². The first-order chi connectivity index (χ1) is 8.54. The monoisotopic (exact) mass is 276 g/mol. The van der Waals surface area contributed by atoms with E-state index >= 15 is 0 Å². The summed E-state index contributed by atoms with van der Waals surface area (Å²) in [6.07, 6.45) is 10.9. The van der Waals surface area contributed by atoms with E-state index in [1.54, 1.807) is 13.0 Å². The summed E-state index contributed by atoms with van der Waals surface area (Å²) in [6, 6.07) is 0. The van der Waals surface area contributed by atoms with Crippen molar-refractivity contribution in [3.63, 3.8) is 0 Å². The van der Waals surface area contributed by atoms with Gasteiger partial charge in [0.05, 0.1) is 0 Å². The zero-order chi connectivity index (χ0) is 13.8. The molecule has 0 bridgehead atoms. The van der Waals surface area contributed by atoms with Crippen LogP contribution in [0.15, 0.2) is 24.3 Å². The maximum Gasteiger partial charge on any atom is 1.00 e. The van der Waals surface area contributed by atoms with Crippen LogP contribution < -0.4 is 29.6 Å². The van der Waals surface area contributed by atoms with E-state index in [2.05, 4.69) is 6.58 Å². The van der Waals surface area contributed by atoms with Crippen molar-refractivity contribution in [2.24, 2.45) is 0 Å². The smallest absolute Gasteiger partial charge is 1.00 e. The van der Waals surface area contributed by atoms with Crippen LogP contribution in [-0.2, 0) is 9.59 Å². The molecule has 0 aromatic rings. The molecule has 4 heteroatoms. The molecule has 1 N–H and O–H groups in total. The number of aliphatic carboxylic acids is 1. The second-order valence-electron chi connectivity index (χ2n) is 4.60. The summed E-state index contributed by atoms with van der Waals surface area (Å²) in [5.41, 5.74) is 0.574. The van der Waals surface area contributed by atoms with Crippen molar-refractivity contribution in [2.75, 3.05) is 0 Å². The molecule has 3 nitrogen and oxygen atoms in total. The Balaban J connectivity index is -0.00000144. The van der Waals surface area contributed by atoms with Crippen molar-refractivity contribution in [2.45, 2.75) is 58.3 Å². The summed E-state index contributed by atoms with van der Waals surface area (Å²) in [7, 11) is 0. The number of carboxylic acid groups (broad SMARTS) is 1. The second-order valence-corrected chi connectivity index (χ2v) is 4.60. The molecule has 19 heavy (non-hydrogen) atoms. The van der Waals surface area contributed by atoms with Gasteiger partial charge in [0, 0.05) is 6.42 Å². The van der Waals surface area contributed by atoms with Crippen LogP contribution in [0, 0.1) is 0 Å². The van der Waals surface area contributed by atoms with Crippen molar-refractivity contribution >= 4 is 11.8 Å². The van der Waals surface area contributed by atoms with E-state index in [4.69, 9.17) is 5.11 Å². The molecule has 0 rings (SSSR count). The van der Waals surface area contributed by atoms with Crippen molar-refractivity contribution in [1.82, 2.24) is 0 Å². The molecule has 0 aromatic carbocycles. The van der Waals surface area contributed by atoms with Crippen molar-refractivity contribution < 1.29 is 45.7 Å². The Morgan fingerprint density at radius 1 is 1.11 bits per heavy atom. The van der Waals surface area contributed by atoms with Gasteiger partial charge in [0.15, 0.2) is 5.78 Å². The Labute approximate surface area is 139 Å². The van der Waals surface area contributed by atoms with Gasteiger partial charge in [-0.15, -0.1) is 0 Å². The van der Waals surface area contributed by atoms with Crippen LogP contribution >= 0.6 is 0 Å². The second kappa shape index (κ2) is 14.0. The van der Waals surface area contributed by atoms with Crippen LogP contribution in [0.4, 0.5) is 0 Å². The van der Waals surface area contributed by atoms with Crippen LogP contribution in [-0.4, -0.2) is 16.9 Å². The molecule has 0 radical (unpaired) electrons. The third kappa shape index (κ3) is 15.6. The summed E-state index contributed by atoms with van der Waals surface area (Å²) >= 11 is 0. The maximum atomic E-state index is 11.2. The van der Waals surface area contributed by atoms with E-state index in [-0.39, 0.29) is 43.2 Å². The fourth-order valence-corrected chi connectivity index (χ4v) is 1.58. The molecule has 0 aliphatic rings. The SMILES string of the molecule is C=C(C)C(=O)C=CCCCCCCCCC(=O)O.[H-].[Na+]. The van der Waals surface area contributed by atoms with Crippen LogP contribution in [0.3, 0.4) is 0 Å². The molecule has 0 aliphatic carbocycles. The van der Waals surface area contributed by atoms with Gasteiger partial charge in [-0.05, 0) is 37.8 Å².